The molecule has 0 aliphatic carbocycles. The van der Waals surface area contributed by atoms with Gasteiger partial charge in [0.1, 0.15) is 6.54 Å². The molecule has 2 aromatic heterocycles. The molecule has 0 unspecified atom stereocenters. The molecule has 0 saturated carbocycles. The van der Waals surface area contributed by atoms with Crippen molar-refractivity contribution in [3.05, 3.63) is 50.1 Å². The smallest absolute Gasteiger partial charge is 0.279 e. The maximum Gasteiger partial charge on any atom is 0.279 e. The van der Waals surface area contributed by atoms with E-state index in [0.29, 0.717) is 34.0 Å². The number of benzene rings is 1. The van der Waals surface area contributed by atoms with E-state index in [4.69, 9.17) is 16.3 Å². The predicted octanol–water partition coefficient (Wildman–Crippen LogP) is 3.00. The molecule has 1 N–H and O–H groups in total. The fourth-order valence-electron chi connectivity index (χ4n) is 3.07. The molecule has 0 spiro atoms. The number of fused-ring (bicyclic) bond motifs is 3. The van der Waals surface area contributed by atoms with E-state index in [9.17, 15) is 9.59 Å². The lowest BCUT2D eigenvalue weighted by atomic mass is 9.94. The number of carbonyl (C=O) groups is 1. The molecule has 3 heterocycles. The Balaban J connectivity index is 1.63. The van der Waals surface area contributed by atoms with Gasteiger partial charge in [0.2, 0.25) is 5.91 Å². The lowest BCUT2D eigenvalue weighted by Crippen LogP contribution is -2.33. The molecule has 0 radical (unpaired) electrons. The van der Waals surface area contributed by atoms with Crippen LogP contribution in [0.5, 0.6) is 0 Å². The number of hydrogen-bond acceptors (Lipinski definition) is 6. The van der Waals surface area contributed by atoms with Crippen molar-refractivity contribution in [2.45, 2.75) is 39.0 Å². The third-order valence-electron chi connectivity index (χ3n) is 4.38. The van der Waals surface area contributed by atoms with Gasteiger partial charge in [0.05, 0.1) is 17.6 Å². The molecule has 0 bridgehead atoms. The third kappa shape index (κ3) is 3.60. The number of hydrogen-bond donors (Lipinski definition) is 1. The molecule has 9 heteroatoms. The first-order chi connectivity index (χ1) is 12.8. The third-order valence-corrected chi connectivity index (χ3v) is 5.72. The second-order valence-electron chi connectivity index (χ2n) is 7.02. The quantitative estimate of drug-likeness (QED) is 0.725. The van der Waals surface area contributed by atoms with Gasteiger partial charge in [0, 0.05) is 22.0 Å². The molecular weight excluding hydrogens is 388 g/mol. The van der Waals surface area contributed by atoms with Gasteiger partial charge in [-0.05, 0) is 43.7 Å². The Morgan fingerprint density at radius 3 is 2.85 bits per heavy atom. The van der Waals surface area contributed by atoms with Crippen molar-refractivity contribution in [3.63, 3.8) is 0 Å². The minimum Gasteiger partial charge on any atom is -0.370 e. The molecule has 140 valence electrons. The zero-order valence-corrected chi connectivity index (χ0v) is 16.4. The van der Waals surface area contributed by atoms with Crippen molar-refractivity contribution in [1.29, 1.82) is 0 Å². The van der Waals surface area contributed by atoms with Gasteiger partial charge >= 0.3 is 0 Å². The standard InChI is InChI=1S/C18H17ClN4O3S/c1-18(2)7-12-13(9-26-18)27-16-15(12)17(25)23(22-21-16)8-14(24)20-11-5-3-10(19)4-6-11/h3-6H,7-9H2,1-2H3,(H,20,24). The molecule has 1 aliphatic heterocycles. The zero-order valence-electron chi connectivity index (χ0n) is 14.8. The Hall–Kier alpha value is -2.29. The van der Waals surface area contributed by atoms with Crippen LogP contribution in [0, 0.1) is 0 Å². The molecule has 1 aromatic carbocycles. The second kappa shape index (κ2) is 6.70. The monoisotopic (exact) mass is 404 g/mol. The first-order valence-corrected chi connectivity index (χ1v) is 9.59. The number of nitrogens with one attached hydrogen (secondary N) is 1. The fraction of sp³-hybridized carbons (Fsp3) is 0.333. The molecule has 3 aromatic rings. The van der Waals surface area contributed by atoms with Crippen LogP contribution in [0.3, 0.4) is 0 Å². The average Bonchev–Trinajstić information content (AvgIpc) is 2.97. The lowest BCUT2D eigenvalue weighted by molar-refractivity contribution is -0.117. The van der Waals surface area contributed by atoms with Crippen LogP contribution in [-0.2, 0) is 29.1 Å². The number of carbonyl (C=O) groups excluding carboxylic acids is 1. The van der Waals surface area contributed by atoms with Crippen molar-refractivity contribution in [1.82, 2.24) is 15.0 Å². The van der Waals surface area contributed by atoms with Crippen molar-refractivity contribution < 1.29 is 9.53 Å². The summed E-state index contributed by atoms with van der Waals surface area (Å²) in [5.74, 6) is -0.360. The van der Waals surface area contributed by atoms with E-state index in [2.05, 4.69) is 15.6 Å². The molecule has 0 saturated heterocycles. The van der Waals surface area contributed by atoms with E-state index in [-0.39, 0.29) is 23.6 Å². The number of rotatable bonds is 3. The predicted molar refractivity (Wildman–Crippen MR) is 104 cm³/mol. The summed E-state index contributed by atoms with van der Waals surface area (Å²) in [5, 5.41) is 11.9. The topological polar surface area (TPSA) is 86.1 Å². The van der Waals surface area contributed by atoms with Gasteiger partial charge in [-0.1, -0.05) is 16.8 Å². The van der Waals surface area contributed by atoms with Crippen LogP contribution in [-0.4, -0.2) is 26.5 Å². The average molecular weight is 405 g/mol. The van der Waals surface area contributed by atoms with Gasteiger partial charge in [-0.15, -0.1) is 16.4 Å². The van der Waals surface area contributed by atoms with Gasteiger partial charge in [-0.2, -0.15) is 0 Å². The fourth-order valence-corrected chi connectivity index (χ4v) is 4.23. The van der Waals surface area contributed by atoms with Crippen LogP contribution >= 0.6 is 22.9 Å². The number of thiophene rings is 1. The van der Waals surface area contributed by atoms with Crippen LogP contribution < -0.4 is 10.9 Å². The molecule has 27 heavy (non-hydrogen) atoms. The van der Waals surface area contributed by atoms with E-state index in [1.165, 1.54) is 11.3 Å². The minimum absolute atomic E-state index is 0.213. The summed E-state index contributed by atoms with van der Waals surface area (Å²) in [7, 11) is 0. The number of nitrogens with zero attached hydrogens (tertiary/aromatic N) is 3. The molecule has 0 atom stereocenters. The van der Waals surface area contributed by atoms with E-state index < -0.39 is 0 Å². The highest BCUT2D eigenvalue weighted by molar-refractivity contribution is 7.18. The maximum absolute atomic E-state index is 12.9. The highest BCUT2D eigenvalue weighted by Gasteiger charge is 2.31. The van der Waals surface area contributed by atoms with Crippen molar-refractivity contribution in [3.8, 4) is 0 Å². The number of amides is 1. The summed E-state index contributed by atoms with van der Waals surface area (Å²) in [5.41, 5.74) is 0.908. The summed E-state index contributed by atoms with van der Waals surface area (Å²) in [6.07, 6.45) is 0.625. The summed E-state index contributed by atoms with van der Waals surface area (Å²) in [6, 6.07) is 6.73. The van der Waals surface area contributed by atoms with E-state index >= 15 is 0 Å². The largest absolute Gasteiger partial charge is 0.370 e. The van der Waals surface area contributed by atoms with Crippen LogP contribution in [0.2, 0.25) is 5.02 Å². The normalized spacial score (nSPS) is 15.5. The van der Waals surface area contributed by atoms with Crippen LogP contribution in [0.15, 0.2) is 29.1 Å². The Kier molecular flexibility index (Phi) is 4.49. The molecule has 0 fully saturated rings. The van der Waals surface area contributed by atoms with Crippen molar-refractivity contribution in [2.75, 3.05) is 5.32 Å². The number of ether oxygens (including phenoxy) is 1. The van der Waals surface area contributed by atoms with E-state index in [1.54, 1.807) is 24.3 Å². The molecule has 1 amide bonds. The van der Waals surface area contributed by atoms with Crippen molar-refractivity contribution >= 4 is 44.7 Å². The van der Waals surface area contributed by atoms with Crippen LogP contribution in [0.25, 0.3) is 10.2 Å². The highest BCUT2D eigenvalue weighted by atomic mass is 35.5. The molecular formula is C18H17ClN4O3S. The van der Waals surface area contributed by atoms with Gasteiger partial charge in [-0.3, -0.25) is 9.59 Å². The Labute approximate surface area is 163 Å². The molecule has 4 rings (SSSR count). The number of anilines is 1. The summed E-state index contributed by atoms with van der Waals surface area (Å²) < 4.78 is 6.91. The minimum atomic E-state index is -0.360. The van der Waals surface area contributed by atoms with E-state index in [0.717, 1.165) is 15.1 Å². The van der Waals surface area contributed by atoms with Gasteiger partial charge < -0.3 is 10.1 Å². The second-order valence-corrected chi connectivity index (χ2v) is 8.54. The summed E-state index contributed by atoms with van der Waals surface area (Å²) in [6.45, 7) is 4.23. The number of aromatic nitrogens is 3. The van der Waals surface area contributed by atoms with E-state index in [1.807, 2.05) is 13.8 Å². The Morgan fingerprint density at radius 1 is 1.37 bits per heavy atom. The van der Waals surface area contributed by atoms with Crippen molar-refractivity contribution in [2.24, 2.45) is 0 Å². The Morgan fingerprint density at radius 2 is 2.11 bits per heavy atom. The van der Waals surface area contributed by atoms with Crippen LogP contribution in [0.4, 0.5) is 5.69 Å². The lowest BCUT2D eigenvalue weighted by Gasteiger charge is -2.29. The summed E-state index contributed by atoms with van der Waals surface area (Å²) in [4.78, 5) is 26.8. The summed E-state index contributed by atoms with van der Waals surface area (Å²) >= 11 is 7.26. The highest BCUT2D eigenvalue weighted by Crippen LogP contribution is 2.36. The molecule has 7 nitrogen and oxygen atoms in total. The first kappa shape index (κ1) is 18.1. The number of halogens is 1. The zero-order chi connectivity index (χ0) is 19.2. The SMILES string of the molecule is CC1(C)Cc2c(sc3nnn(CC(=O)Nc4ccc(Cl)cc4)c(=O)c23)CO1. The first-order valence-electron chi connectivity index (χ1n) is 8.40. The molecule has 1 aliphatic rings. The van der Waals surface area contributed by atoms with Gasteiger partial charge in [0.15, 0.2) is 4.83 Å². The Bertz CT molecular complexity index is 1090. The van der Waals surface area contributed by atoms with Gasteiger partial charge in [0.25, 0.3) is 5.56 Å². The van der Waals surface area contributed by atoms with Gasteiger partial charge in [-0.25, -0.2) is 4.68 Å². The maximum atomic E-state index is 12.9. The van der Waals surface area contributed by atoms with Crippen LogP contribution in [0.1, 0.15) is 24.3 Å².